The molecule has 0 aliphatic carbocycles. The number of amides is 1. The number of carbonyl (C=O) groups is 1. The minimum Gasteiger partial charge on any atom is -0.344 e. The molecule has 3 aliphatic rings. The highest BCUT2D eigenvalue weighted by Crippen LogP contribution is 2.50. The third-order valence-corrected chi connectivity index (χ3v) is 7.02. The second-order valence-electron chi connectivity index (χ2n) is 8.83. The van der Waals surface area contributed by atoms with Crippen LogP contribution in [0.3, 0.4) is 0 Å². The van der Waals surface area contributed by atoms with Crippen LogP contribution in [0, 0.1) is 0 Å². The number of likely N-dealkylation sites (tertiary alicyclic amines) is 1. The molecule has 2 aromatic carbocycles. The van der Waals surface area contributed by atoms with Gasteiger partial charge in [0.05, 0.1) is 19.1 Å². The third kappa shape index (κ3) is 3.18. The monoisotopic (exact) mass is 414 g/mol. The van der Waals surface area contributed by atoms with Gasteiger partial charge in [-0.1, -0.05) is 54.6 Å². The van der Waals surface area contributed by atoms with E-state index in [-0.39, 0.29) is 18.1 Å². The molecule has 4 heterocycles. The molecule has 0 bridgehead atoms. The quantitative estimate of drug-likeness (QED) is 0.643. The van der Waals surface area contributed by atoms with Crippen LogP contribution < -0.4 is 0 Å². The Morgan fingerprint density at radius 3 is 2.52 bits per heavy atom. The Hall–Kier alpha value is -2.96. The number of ether oxygens (including phenoxy) is 1. The number of nitrogens with zero attached hydrogens (tertiary/aromatic N) is 4. The van der Waals surface area contributed by atoms with Crippen molar-refractivity contribution in [1.29, 1.82) is 0 Å². The van der Waals surface area contributed by atoms with Crippen molar-refractivity contribution < 1.29 is 9.53 Å². The number of aromatic nitrogens is 2. The average Bonchev–Trinajstić information content (AvgIpc) is 3.55. The number of hydrogen-bond acceptors (Lipinski definition) is 4. The van der Waals surface area contributed by atoms with Crippen LogP contribution in [0.15, 0.2) is 73.1 Å². The standard InChI is InChI=1S/C25H26N4O2/c30-24-15-23-25(29(24)18-22(31-25)21-5-2-1-3-6-21)11-14-27(23)16-19-7-9-20(10-8-19)17-28-13-4-12-26-28/h1-10,12-13,22-23H,11,14-18H2/t22-,23+,25-/m0/s1. The van der Waals surface area contributed by atoms with E-state index in [2.05, 4.69) is 46.4 Å². The van der Waals surface area contributed by atoms with E-state index in [4.69, 9.17) is 4.74 Å². The number of benzene rings is 2. The summed E-state index contributed by atoms with van der Waals surface area (Å²) in [5.41, 5.74) is 3.20. The normalized spacial score (nSPS) is 27.6. The molecule has 6 nitrogen and oxygen atoms in total. The number of rotatable bonds is 5. The summed E-state index contributed by atoms with van der Waals surface area (Å²) in [4.78, 5) is 17.3. The van der Waals surface area contributed by atoms with E-state index in [0.29, 0.717) is 13.0 Å². The van der Waals surface area contributed by atoms with Gasteiger partial charge in [-0.15, -0.1) is 0 Å². The molecule has 6 heteroatoms. The summed E-state index contributed by atoms with van der Waals surface area (Å²) in [6.45, 7) is 3.23. The highest BCUT2D eigenvalue weighted by Gasteiger charge is 2.63. The molecule has 0 radical (unpaired) electrons. The van der Waals surface area contributed by atoms with Crippen LogP contribution in [0.4, 0.5) is 0 Å². The summed E-state index contributed by atoms with van der Waals surface area (Å²) in [6.07, 6.45) is 5.18. The van der Waals surface area contributed by atoms with Crippen molar-refractivity contribution in [2.75, 3.05) is 13.1 Å². The zero-order chi connectivity index (χ0) is 20.8. The van der Waals surface area contributed by atoms with E-state index in [1.807, 2.05) is 40.0 Å². The molecule has 0 N–H and O–H groups in total. The first kappa shape index (κ1) is 18.8. The highest BCUT2D eigenvalue weighted by atomic mass is 16.5. The maximum Gasteiger partial charge on any atom is 0.226 e. The van der Waals surface area contributed by atoms with Crippen LogP contribution in [0.1, 0.15) is 35.6 Å². The maximum atomic E-state index is 12.8. The summed E-state index contributed by atoms with van der Waals surface area (Å²) in [5.74, 6) is 0.225. The fraction of sp³-hybridized carbons (Fsp3) is 0.360. The second-order valence-corrected chi connectivity index (χ2v) is 8.83. The summed E-state index contributed by atoms with van der Waals surface area (Å²) >= 11 is 0. The molecule has 1 amide bonds. The van der Waals surface area contributed by atoms with Crippen LogP contribution in [0.2, 0.25) is 0 Å². The molecule has 3 saturated heterocycles. The zero-order valence-corrected chi connectivity index (χ0v) is 17.4. The van der Waals surface area contributed by atoms with Crippen molar-refractivity contribution in [1.82, 2.24) is 19.6 Å². The van der Waals surface area contributed by atoms with Gasteiger partial charge in [0, 0.05) is 38.3 Å². The number of carbonyl (C=O) groups excluding carboxylic acids is 1. The van der Waals surface area contributed by atoms with Gasteiger partial charge in [-0.05, 0) is 22.8 Å². The van der Waals surface area contributed by atoms with Gasteiger partial charge in [0.1, 0.15) is 6.10 Å². The molecular weight excluding hydrogens is 388 g/mol. The Morgan fingerprint density at radius 1 is 1.00 bits per heavy atom. The minimum atomic E-state index is -0.461. The highest BCUT2D eigenvalue weighted by molar-refractivity contribution is 5.81. The lowest BCUT2D eigenvalue weighted by Crippen LogP contribution is -2.47. The molecule has 0 saturated carbocycles. The van der Waals surface area contributed by atoms with Gasteiger partial charge >= 0.3 is 0 Å². The molecule has 3 fully saturated rings. The van der Waals surface area contributed by atoms with E-state index in [1.54, 1.807) is 6.20 Å². The first-order valence-electron chi connectivity index (χ1n) is 11.0. The van der Waals surface area contributed by atoms with Crippen LogP contribution in [0.25, 0.3) is 0 Å². The van der Waals surface area contributed by atoms with Gasteiger partial charge in [-0.3, -0.25) is 14.4 Å². The molecule has 1 spiro atoms. The van der Waals surface area contributed by atoms with Crippen molar-refractivity contribution in [3.05, 3.63) is 89.7 Å². The van der Waals surface area contributed by atoms with Gasteiger partial charge in [0.15, 0.2) is 5.72 Å². The van der Waals surface area contributed by atoms with Crippen molar-refractivity contribution >= 4 is 5.91 Å². The van der Waals surface area contributed by atoms with E-state index in [9.17, 15) is 4.79 Å². The Morgan fingerprint density at radius 2 is 1.77 bits per heavy atom. The maximum absolute atomic E-state index is 12.8. The molecule has 6 rings (SSSR count). The predicted octanol–water partition coefficient (Wildman–Crippen LogP) is 3.21. The van der Waals surface area contributed by atoms with E-state index in [1.165, 1.54) is 11.1 Å². The largest absolute Gasteiger partial charge is 0.344 e. The van der Waals surface area contributed by atoms with Crippen molar-refractivity contribution in [2.24, 2.45) is 0 Å². The van der Waals surface area contributed by atoms with Gasteiger partial charge in [-0.2, -0.15) is 5.10 Å². The third-order valence-electron chi connectivity index (χ3n) is 7.02. The summed E-state index contributed by atoms with van der Waals surface area (Å²) in [7, 11) is 0. The molecule has 3 aromatic rings. The van der Waals surface area contributed by atoms with Crippen molar-refractivity contribution in [3.63, 3.8) is 0 Å². The van der Waals surface area contributed by atoms with Gasteiger partial charge in [-0.25, -0.2) is 0 Å². The molecule has 3 aliphatic heterocycles. The average molecular weight is 415 g/mol. The van der Waals surface area contributed by atoms with Crippen LogP contribution in [0.5, 0.6) is 0 Å². The minimum absolute atomic E-state index is 0.0329. The van der Waals surface area contributed by atoms with Crippen LogP contribution in [-0.4, -0.2) is 50.3 Å². The Kier molecular flexibility index (Phi) is 4.44. The first-order chi connectivity index (χ1) is 15.2. The summed E-state index contributed by atoms with van der Waals surface area (Å²) in [5, 5.41) is 4.28. The lowest BCUT2D eigenvalue weighted by Gasteiger charge is -2.32. The van der Waals surface area contributed by atoms with E-state index >= 15 is 0 Å². The Balaban J connectivity index is 1.17. The van der Waals surface area contributed by atoms with E-state index < -0.39 is 5.72 Å². The topological polar surface area (TPSA) is 50.6 Å². The van der Waals surface area contributed by atoms with Crippen LogP contribution >= 0.6 is 0 Å². The van der Waals surface area contributed by atoms with Gasteiger partial charge in [0.25, 0.3) is 0 Å². The molecular formula is C25H26N4O2. The van der Waals surface area contributed by atoms with E-state index in [0.717, 1.165) is 31.6 Å². The molecule has 31 heavy (non-hydrogen) atoms. The fourth-order valence-electron chi connectivity index (χ4n) is 5.50. The lowest BCUT2D eigenvalue weighted by atomic mass is 10.1. The van der Waals surface area contributed by atoms with Crippen molar-refractivity contribution in [3.8, 4) is 0 Å². The molecule has 3 atom stereocenters. The molecule has 158 valence electrons. The first-order valence-corrected chi connectivity index (χ1v) is 11.0. The predicted molar refractivity (Wildman–Crippen MR) is 116 cm³/mol. The zero-order valence-electron chi connectivity index (χ0n) is 17.4. The summed E-state index contributed by atoms with van der Waals surface area (Å²) < 4.78 is 8.58. The van der Waals surface area contributed by atoms with Crippen molar-refractivity contribution in [2.45, 2.75) is 43.8 Å². The second kappa shape index (κ2) is 7.32. The smallest absolute Gasteiger partial charge is 0.226 e. The number of hydrogen-bond donors (Lipinski definition) is 0. The molecule has 1 aromatic heterocycles. The summed E-state index contributed by atoms with van der Waals surface area (Å²) in [6, 6.07) is 21.1. The fourth-order valence-corrected chi connectivity index (χ4v) is 5.50. The lowest BCUT2D eigenvalue weighted by molar-refractivity contribution is -0.138. The van der Waals surface area contributed by atoms with Gasteiger partial charge < -0.3 is 9.64 Å². The Bertz CT molecular complexity index is 1070. The molecule has 0 unspecified atom stereocenters. The van der Waals surface area contributed by atoms with Crippen LogP contribution in [-0.2, 0) is 22.6 Å². The Labute approximate surface area is 182 Å². The van der Waals surface area contributed by atoms with Gasteiger partial charge in [0.2, 0.25) is 5.91 Å². The SMILES string of the molecule is O=C1C[C@H]2N(Cc3ccc(Cn4cccn4)cc3)CC[C@]23O[C@H](c2ccccc2)CN13.